The predicted molar refractivity (Wildman–Crippen MR) is 85.4 cm³/mol. The van der Waals surface area contributed by atoms with E-state index in [1.807, 2.05) is 31.3 Å². The average molecular weight is 311 g/mol. The van der Waals surface area contributed by atoms with Crippen LogP contribution < -0.4 is 10.1 Å². The van der Waals surface area contributed by atoms with Crippen LogP contribution in [0.25, 0.3) is 0 Å². The molecule has 3 atom stereocenters. The maximum atomic E-state index is 11.7. The van der Waals surface area contributed by atoms with Crippen molar-refractivity contribution >= 4 is 9.84 Å². The number of nitrogens with one attached hydrogen (secondary N) is 1. The van der Waals surface area contributed by atoms with Crippen LogP contribution in [0.1, 0.15) is 44.2 Å². The molecule has 118 valence electrons. The molecule has 0 heterocycles. The lowest BCUT2D eigenvalue weighted by atomic mass is 9.97. The van der Waals surface area contributed by atoms with Crippen molar-refractivity contribution in [3.63, 3.8) is 0 Å². The second kappa shape index (κ2) is 6.79. The van der Waals surface area contributed by atoms with E-state index in [9.17, 15) is 8.42 Å². The first-order chi connectivity index (χ1) is 9.90. The molecular formula is C16H25NO3S. The predicted octanol–water partition coefficient (Wildman–Crippen LogP) is 2.70. The van der Waals surface area contributed by atoms with Gasteiger partial charge in [0.25, 0.3) is 0 Å². The van der Waals surface area contributed by atoms with Crippen LogP contribution in [0.3, 0.4) is 0 Å². The average Bonchev–Trinajstić information content (AvgIpc) is 2.47. The third-order valence-electron chi connectivity index (χ3n) is 4.30. The van der Waals surface area contributed by atoms with Crippen LogP contribution in [-0.2, 0) is 9.84 Å². The number of rotatable bonds is 5. The van der Waals surface area contributed by atoms with Crippen LogP contribution in [0.2, 0.25) is 0 Å². The van der Waals surface area contributed by atoms with Gasteiger partial charge in [-0.1, -0.05) is 12.1 Å². The largest absolute Gasteiger partial charge is 0.490 e. The highest BCUT2D eigenvalue weighted by atomic mass is 32.2. The SMILES string of the molecule is CNC(C)c1ccc(OC2CCCC(S(C)(=O)=O)C2)cc1. The number of sulfone groups is 1. The third kappa shape index (κ3) is 4.45. The van der Waals surface area contributed by atoms with Gasteiger partial charge in [-0.3, -0.25) is 0 Å². The number of benzene rings is 1. The van der Waals surface area contributed by atoms with Crippen LogP contribution in [-0.4, -0.2) is 33.1 Å². The molecule has 0 aliphatic heterocycles. The molecule has 0 bridgehead atoms. The number of hydrogen-bond donors (Lipinski definition) is 1. The van der Waals surface area contributed by atoms with E-state index in [-0.39, 0.29) is 11.4 Å². The molecule has 0 radical (unpaired) electrons. The van der Waals surface area contributed by atoms with Crippen molar-refractivity contribution in [2.75, 3.05) is 13.3 Å². The molecule has 0 saturated heterocycles. The zero-order chi connectivity index (χ0) is 15.5. The maximum Gasteiger partial charge on any atom is 0.150 e. The summed E-state index contributed by atoms with van der Waals surface area (Å²) in [6.45, 7) is 2.10. The van der Waals surface area contributed by atoms with E-state index in [1.165, 1.54) is 11.8 Å². The maximum absolute atomic E-state index is 11.7. The fourth-order valence-electron chi connectivity index (χ4n) is 2.79. The molecule has 4 nitrogen and oxygen atoms in total. The molecule has 5 heteroatoms. The normalized spacial score (nSPS) is 24.5. The lowest BCUT2D eigenvalue weighted by Gasteiger charge is -2.28. The van der Waals surface area contributed by atoms with Gasteiger partial charge in [-0.15, -0.1) is 0 Å². The quantitative estimate of drug-likeness (QED) is 0.908. The van der Waals surface area contributed by atoms with E-state index in [2.05, 4.69) is 12.2 Å². The Morgan fingerprint density at radius 1 is 1.24 bits per heavy atom. The van der Waals surface area contributed by atoms with Crippen molar-refractivity contribution in [3.05, 3.63) is 29.8 Å². The fourth-order valence-corrected chi connectivity index (χ4v) is 3.95. The minimum atomic E-state index is -2.96. The van der Waals surface area contributed by atoms with Gasteiger partial charge in [0.2, 0.25) is 0 Å². The van der Waals surface area contributed by atoms with Crippen LogP contribution in [0.15, 0.2) is 24.3 Å². The standard InChI is InChI=1S/C16H25NO3S/c1-12(17-2)13-7-9-14(10-8-13)20-15-5-4-6-16(11-15)21(3,18)19/h7-10,12,15-17H,4-6,11H2,1-3H3. The van der Waals surface area contributed by atoms with Crippen LogP contribution in [0, 0.1) is 0 Å². The smallest absolute Gasteiger partial charge is 0.150 e. The summed E-state index contributed by atoms with van der Waals surface area (Å²) in [7, 11) is -1.03. The lowest BCUT2D eigenvalue weighted by Crippen LogP contribution is -2.33. The molecule has 1 saturated carbocycles. The first-order valence-electron chi connectivity index (χ1n) is 7.53. The molecule has 0 spiro atoms. The van der Waals surface area contributed by atoms with Gasteiger partial charge < -0.3 is 10.1 Å². The number of hydrogen-bond acceptors (Lipinski definition) is 4. The minimum Gasteiger partial charge on any atom is -0.490 e. The topological polar surface area (TPSA) is 55.4 Å². The van der Waals surface area contributed by atoms with Crippen LogP contribution in [0.5, 0.6) is 5.75 Å². The van der Waals surface area contributed by atoms with Crippen molar-refractivity contribution in [2.24, 2.45) is 0 Å². The molecule has 21 heavy (non-hydrogen) atoms. The van der Waals surface area contributed by atoms with Gasteiger partial charge in [0.1, 0.15) is 15.6 Å². The second-order valence-corrected chi connectivity index (χ2v) is 8.26. The summed E-state index contributed by atoms with van der Waals surface area (Å²) >= 11 is 0. The molecule has 1 N–H and O–H groups in total. The van der Waals surface area contributed by atoms with Crippen molar-refractivity contribution in [1.82, 2.24) is 5.32 Å². The summed E-state index contributed by atoms with van der Waals surface area (Å²) in [6, 6.07) is 8.34. The van der Waals surface area contributed by atoms with Crippen molar-refractivity contribution in [1.29, 1.82) is 0 Å². The summed E-state index contributed by atoms with van der Waals surface area (Å²) in [5.74, 6) is 0.821. The van der Waals surface area contributed by atoms with Gasteiger partial charge in [-0.2, -0.15) is 0 Å². The Morgan fingerprint density at radius 3 is 2.48 bits per heavy atom. The summed E-state index contributed by atoms with van der Waals surface area (Å²) < 4.78 is 29.3. The molecule has 1 aliphatic rings. The van der Waals surface area contributed by atoms with Crippen LogP contribution >= 0.6 is 0 Å². The van der Waals surface area contributed by atoms with E-state index in [1.54, 1.807) is 0 Å². The molecule has 0 amide bonds. The van der Waals surface area contributed by atoms with Gasteiger partial charge in [0, 0.05) is 18.7 Å². The van der Waals surface area contributed by atoms with Crippen molar-refractivity contribution in [3.8, 4) is 5.75 Å². The molecule has 1 fully saturated rings. The Morgan fingerprint density at radius 2 is 1.90 bits per heavy atom. The summed E-state index contributed by atoms with van der Waals surface area (Å²) in [5.41, 5.74) is 1.21. The van der Waals surface area contributed by atoms with Crippen LogP contribution in [0.4, 0.5) is 0 Å². The Bertz CT molecular complexity index is 553. The lowest BCUT2D eigenvalue weighted by molar-refractivity contribution is 0.156. The van der Waals surface area contributed by atoms with E-state index in [0.717, 1.165) is 25.0 Å². The van der Waals surface area contributed by atoms with Gasteiger partial charge in [0.05, 0.1) is 11.4 Å². The Hall–Kier alpha value is -1.07. The highest BCUT2D eigenvalue weighted by Crippen LogP contribution is 2.28. The third-order valence-corrected chi connectivity index (χ3v) is 5.94. The number of ether oxygens (including phenoxy) is 1. The Balaban J connectivity index is 1.98. The first-order valence-corrected chi connectivity index (χ1v) is 9.48. The van der Waals surface area contributed by atoms with Gasteiger partial charge in [0.15, 0.2) is 0 Å². The second-order valence-electron chi connectivity index (χ2n) is 5.94. The molecular weight excluding hydrogens is 286 g/mol. The molecule has 3 unspecified atom stereocenters. The van der Waals surface area contributed by atoms with Gasteiger partial charge in [-0.25, -0.2) is 8.42 Å². The van der Waals surface area contributed by atoms with E-state index < -0.39 is 9.84 Å². The molecule has 1 aromatic rings. The molecule has 1 aromatic carbocycles. The van der Waals surface area contributed by atoms with Crippen molar-refractivity contribution < 1.29 is 13.2 Å². The van der Waals surface area contributed by atoms with Gasteiger partial charge >= 0.3 is 0 Å². The zero-order valence-corrected chi connectivity index (χ0v) is 13.8. The molecule has 1 aliphatic carbocycles. The summed E-state index contributed by atoms with van der Waals surface area (Å²) in [6.07, 6.45) is 4.54. The summed E-state index contributed by atoms with van der Waals surface area (Å²) in [5, 5.41) is 2.95. The minimum absolute atomic E-state index is 0.00560. The van der Waals surface area contributed by atoms with E-state index >= 15 is 0 Å². The highest BCUT2D eigenvalue weighted by Gasteiger charge is 2.29. The Labute approximate surface area is 127 Å². The van der Waals surface area contributed by atoms with E-state index in [4.69, 9.17) is 4.74 Å². The fraction of sp³-hybridized carbons (Fsp3) is 0.625. The monoisotopic (exact) mass is 311 g/mol. The van der Waals surface area contributed by atoms with Crippen molar-refractivity contribution in [2.45, 2.75) is 50.0 Å². The Kier molecular flexibility index (Phi) is 5.27. The molecule has 0 aromatic heterocycles. The molecule has 2 rings (SSSR count). The van der Waals surface area contributed by atoms with Gasteiger partial charge in [-0.05, 0) is 50.9 Å². The van der Waals surface area contributed by atoms with E-state index in [0.29, 0.717) is 12.5 Å². The summed E-state index contributed by atoms with van der Waals surface area (Å²) in [4.78, 5) is 0. The first kappa shape index (κ1) is 16.3. The highest BCUT2D eigenvalue weighted by molar-refractivity contribution is 7.91. The zero-order valence-electron chi connectivity index (χ0n) is 13.0.